The number of aromatic amines is 1. The number of hydrogen-bond acceptors (Lipinski definition) is 5. The fraction of sp³-hybridized carbons (Fsp3) is 0.200. The molecule has 0 bridgehead atoms. The van der Waals surface area contributed by atoms with E-state index in [0.717, 1.165) is 28.3 Å². The second-order valence-corrected chi connectivity index (χ2v) is 5.26. The first-order valence-corrected chi connectivity index (χ1v) is 6.86. The molecule has 0 amide bonds. The van der Waals surface area contributed by atoms with Gasteiger partial charge in [0, 0.05) is 17.1 Å². The van der Waals surface area contributed by atoms with Crippen LogP contribution in [-0.4, -0.2) is 29.7 Å². The fourth-order valence-electron chi connectivity index (χ4n) is 2.03. The minimum absolute atomic E-state index is 0.612. The molecule has 0 aromatic carbocycles. The van der Waals surface area contributed by atoms with Gasteiger partial charge >= 0.3 is 0 Å². The Morgan fingerprint density at radius 1 is 1.28 bits per heavy atom. The zero-order valence-corrected chi connectivity index (χ0v) is 10.7. The first-order chi connectivity index (χ1) is 8.84. The Morgan fingerprint density at radius 2 is 2.22 bits per heavy atom. The van der Waals surface area contributed by atoms with Crippen LogP contribution in [0.3, 0.4) is 0 Å². The van der Waals surface area contributed by atoms with Crippen molar-refractivity contribution in [2.24, 2.45) is 0 Å². The fourth-order valence-corrected chi connectivity index (χ4v) is 3.44. The lowest BCUT2D eigenvalue weighted by molar-refractivity contribution is 0.832. The summed E-state index contributed by atoms with van der Waals surface area (Å²) < 4.78 is 1.66. The van der Waals surface area contributed by atoms with Crippen LogP contribution in [0.1, 0.15) is 11.3 Å². The summed E-state index contributed by atoms with van der Waals surface area (Å²) in [6, 6.07) is 0. The predicted molar refractivity (Wildman–Crippen MR) is 68.8 cm³/mol. The summed E-state index contributed by atoms with van der Waals surface area (Å²) in [5.74, 6) is 2.45. The Morgan fingerprint density at radius 3 is 3.11 bits per heavy atom. The van der Waals surface area contributed by atoms with Crippen molar-refractivity contribution < 1.29 is 0 Å². The van der Waals surface area contributed by atoms with Gasteiger partial charge in [-0.1, -0.05) is 11.6 Å². The van der Waals surface area contributed by atoms with E-state index in [-0.39, 0.29) is 0 Å². The summed E-state index contributed by atoms with van der Waals surface area (Å²) in [5, 5.41) is 5.15. The highest BCUT2D eigenvalue weighted by Crippen LogP contribution is 2.35. The van der Waals surface area contributed by atoms with E-state index in [1.54, 1.807) is 11.0 Å². The monoisotopic (exact) mass is 278 g/mol. The highest BCUT2D eigenvalue weighted by Gasteiger charge is 2.23. The summed E-state index contributed by atoms with van der Waals surface area (Å²) in [6.45, 7) is 0. The maximum absolute atomic E-state index is 6.36. The lowest BCUT2D eigenvalue weighted by Crippen LogP contribution is -2.02. The topological polar surface area (TPSA) is 72.3 Å². The van der Waals surface area contributed by atoms with Crippen LogP contribution in [0.5, 0.6) is 0 Å². The van der Waals surface area contributed by atoms with Gasteiger partial charge in [-0.15, -0.1) is 0 Å². The summed E-state index contributed by atoms with van der Waals surface area (Å²) in [7, 11) is 0. The molecule has 6 nitrogen and oxygen atoms in total. The summed E-state index contributed by atoms with van der Waals surface area (Å²) in [5.41, 5.74) is 3.50. The van der Waals surface area contributed by atoms with Gasteiger partial charge in [0.2, 0.25) is 0 Å². The van der Waals surface area contributed by atoms with E-state index in [1.807, 2.05) is 11.8 Å². The predicted octanol–water partition coefficient (Wildman–Crippen LogP) is 1.94. The molecule has 4 rings (SSSR count). The van der Waals surface area contributed by atoms with E-state index in [4.69, 9.17) is 11.6 Å². The van der Waals surface area contributed by atoms with Crippen LogP contribution >= 0.6 is 23.4 Å². The SMILES string of the molecule is Clc1c2c(nn1-c1ncnc3nc[nH]c13)CSC2. The third-order valence-corrected chi connectivity index (χ3v) is 4.25. The van der Waals surface area contributed by atoms with Crippen LogP contribution in [0.4, 0.5) is 0 Å². The maximum Gasteiger partial charge on any atom is 0.184 e. The Balaban J connectivity index is 2.00. The highest BCUT2D eigenvalue weighted by atomic mass is 35.5. The van der Waals surface area contributed by atoms with Crippen molar-refractivity contribution in [3.63, 3.8) is 0 Å². The largest absolute Gasteiger partial charge is 0.340 e. The van der Waals surface area contributed by atoms with Crippen molar-refractivity contribution in [3.05, 3.63) is 29.1 Å². The summed E-state index contributed by atoms with van der Waals surface area (Å²) in [4.78, 5) is 15.4. The van der Waals surface area contributed by atoms with Crippen molar-refractivity contribution in [3.8, 4) is 5.82 Å². The van der Waals surface area contributed by atoms with Crippen LogP contribution < -0.4 is 0 Å². The molecule has 3 aromatic rings. The molecule has 18 heavy (non-hydrogen) atoms. The van der Waals surface area contributed by atoms with Crippen LogP contribution in [-0.2, 0) is 11.5 Å². The number of aromatic nitrogens is 6. The number of imidazole rings is 1. The molecule has 90 valence electrons. The molecule has 1 aliphatic rings. The van der Waals surface area contributed by atoms with Crippen LogP contribution in [0, 0.1) is 0 Å². The molecule has 0 unspecified atom stereocenters. The molecule has 0 atom stereocenters. The number of H-pyrrole nitrogens is 1. The minimum Gasteiger partial charge on any atom is -0.340 e. The molecule has 0 saturated carbocycles. The molecule has 0 radical (unpaired) electrons. The normalized spacial score (nSPS) is 14.3. The van der Waals surface area contributed by atoms with E-state index >= 15 is 0 Å². The van der Waals surface area contributed by atoms with E-state index < -0.39 is 0 Å². The molecule has 8 heteroatoms. The third-order valence-electron chi connectivity index (χ3n) is 2.89. The zero-order chi connectivity index (χ0) is 12.1. The van der Waals surface area contributed by atoms with Crippen molar-refractivity contribution >= 4 is 34.5 Å². The molecule has 0 fully saturated rings. The molecule has 1 aliphatic heterocycles. The van der Waals surface area contributed by atoms with E-state index in [2.05, 4.69) is 25.0 Å². The quantitative estimate of drug-likeness (QED) is 0.736. The number of hydrogen-bond donors (Lipinski definition) is 1. The Bertz CT molecular complexity index is 748. The second-order valence-electron chi connectivity index (χ2n) is 3.92. The second kappa shape index (κ2) is 3.69. The van der Waals surface area contributed by atoms with Crippen molar-refractivity contribution in [2.75, 3.05) is 0 Å². The summed E-state index contributed by atoms with van der Waals surface area (Å²) >= 11 is 8.18. The van der Waals surface area contributed by atoms with E-state index in [9.17, 15) is 0 Å². The third kappa shape index (κ3) is 1.31. The number of thioether (sulfide) groups is 1. The average molecular weight is 279 g/mol. The number of rotatable bonds is 1. The number of nitrogens with zero attached hydrogens (tertiary/aromatic N) is 5. The Hall–Kier alpha value is -1.60. The van der Waals surface area contributed by atoms with Gasteiger partial charge in [0.05, 0.1) is 12.0 Å². The van der Waals surface area contributed by atoms with Gasteiger partial charge in [-0.25, -0.2) is 19.6 Å². The molecule has 1 N–H and O–H groups in total. The Labute approximate surface area is 111 Å². The van der Waals surface area contributed by atoms with Crippen molar-refractivity contribution in [1.29, 1.82) is 0 Å². The standard InChI is InChI=1S/C10H7ClN6S/c11-8-5-1-18-2-6(5)16-17(8)10-7-9(13-3-12-7)14-4-15-10/h3-4H,1-2H2,(H,12,13,14,15). The molecule has 0 spiro atoms. The van der Waals surface area contributed by atoms with Crippen LogP contribution in [0.2, 0.25) is 5.15 Å². The lowest BCUT2D eigenvalue weighted by atomic mass is 10.3. The number of fused-ring (bicyclic) bond motifs is 2. The molecule has 3 aromatic heterocycles. The van der Waals surface area contributed by atoms with Gasteiger partial charge in [0.1, 0.15) is 17.0 Å². The van der Waals surface area contributed by atoms with Crippen LogP contribution in [0.15, 0.2) is 12.7 Å². The Kier molecular flexibility index (Phi) is 2.12. The number of nitrogens with one attached hydrogen (secondary N) is 1. The minimum atomic E-state index is 0.612. The van der Waals surface area contributed by atoms with Crippen molar-refractivity contribution in [1.82, 2.24) is 29.7 Å². The van der Waals surface area contributed by atoms with Gasteiger partial charge in [-0.05, 0) is 0 Å². The molecule has 0 aliphatic carbocycles. The van der Waals surface area contributed by atoms with Gasteiger partial charge in [0.25, 0.3) is 0 Å². The van der Waals surface area contributed by atoms with E-state index in [1.165, 1.54) is 6.33 Å². The van der Waals surface area contributed by atoms with Crippen molar-refractivity contribution in [2.45, 2.75) is 11.5 Å². The van der Waals surface area contributed by atoms with Gasteiger partial charge in [0.15, 0.2) is 11.5 Å². The summed E-state index contributed by atoms with van der Waals surface area (Å²) in [6.07, 6.45) is 3.06. The smallest absolute Gasteiger partial charge is 0.184 e. The first kappa shape index (κ1) is 10.3. The lowest BCUT2D eigenvalue weighted by Gasteiger charge is -2.03. The number of halogens is 1. The average Bonchev–Trinajstić information content (AvgIpc) is 3.06. The van der Waals surface area contributed by atoms with E-state index in [0.29, 0.717) is 16.6 Å². The first-order valence-electron chi connectivity index (χ1n) is 5.33. The van der Waals surface area contributed by atoms with Crippen LogP contribution in [0.25, 0.3) is 17.0 Å². The molecular weight excluding hydrogens is 272 g/mol. The van der Waals surface area contributed by atoms with Gasteiger partial charge in [-0.3, -0.25) is 0 Å². The van der Waals surface area contributed by atoms with Gasteiger partial charge in [-0.2, -0.15) is 16.9 Å². The highest BCUT2D eigenvalue weighted by molar-refractivity contribution is 7.98. The molecular formula is C10H7ClN6S. The van der Waals surface area contributed by atoms with Gasteiger partial charge < -0.3 is 4.98 Å². The molecule has 4 heterocycles. The molecule has 0 saturated heterocycles. The maximum atomic E-state index is 6.36. The zero-order valence-electron chi connectivity index (χ0n) is 9.09.